The van der Waals surface area contributed by atoms with Crippen molar-refractivity contribution in [3.63, 3.8) is 0 Å². The molecule has 2 amide bonds. The summed E-state index contributed by atoms with van der Waals surface area (Å²) in [5, 5.41) is 2.78. The van der Waals surface area contributed by atoms with Gasteiger partial charge in [0, 0.05) is 18.2 Å². The standard InChI is InChI=1S/C12H17BrN2O2/c1-8-4-3-5-9(2)15(8)12(16)14-11-7-6-10(13)17-11/h6-9H,3-5H2,1-2H3,(H,14,16). The van der Waals surface area contributed by atoms with Crippen molar-refractivity contribution in [1.82, 2.24) is 4.90 Å². The fraction of sp³-hybridized carbons (Fsp3) is 0.583. The van der Waals surface area contributed by atoms with E-state index in [1.165, 1.54) is 6.42 Å². The average molecular weight is 301 g/mol. The lowest BCUT2D eigenvalue weighted by atomic mass is 9.98. The predicted octanol–water partition coefficient (Wildman–Crippen LogP) is 3.84. The van der Waals surface area contributed by atoms with Gasteiger partial charge in [0.25, 0.3) is 0 Å². The number of halogens is 1. The third-order valence-corrected chi connectivity index (χ3v) is 3.66. The number of hydrogen-bond acceptors (Lipinski definition) is 2. The number of nitrogens with one attached hydrogen (secondary N) is 1. The minimum atomic E-state index is -0.0773. The summed E-state index contributed by atoms with van der Waals surface area (Å²) < 4.78 is 5.89. The van der Waals surface area contributed by atoms with Crippen molar-refractivity contribution in [2.24, 2.45) is 0 Å². The quantitative estimate of drug-likeness (QED) is 0.856. The molecule has 1 aliphatic heterocycles. The van der Waals surface area contributed by atoms with Crippen LogP contribution in [-0.2, 0) is 0 Å². The molecule has 1 aromatic rings. The number of carbonyl (C=O) groups excluding carboxylic acids is 1. The summed E-state index contributed by atoms with van der Waals surface area (Å²) >= 11 is 3.21. The van der Waals surface area contributed by atoms with Crippen LogP contribution >= 0.6 is 15.9 Å². The van der Waals surface area contributed by atoms with E-state index >= 15 is 0 Å². The lowest BCUT2D eigenvalue weighted by Gasteiger charge is -2.38. The highest BCUT2D eigenvalue weighted by Crippen LogP contribution is 2.24. The van der Waals surface area contributed by atoms with Gasteiger partial charge in [0.2, 0.25) is 5.88 Å². The molecule has 1 saturated heterocycles. The van der Waals surface area contributed by atoms with Gasteiger partial charge in [-0.2, -0.15) is 0 Å². The number of urea groups is 1. The number of rotatable bonds is 1. The van der Waals surface area contributed by atoms with E-state index in [-0.39, 0.29) is 18.1 Å². The molecular formula is C12H17BrN2O2. The molecule has 1 aromatic heterocycles. The molecule has 2 atom stereocenters. The first kappa shape index (κ1) is 12.5. The Morgan fingerprint density at radius 1 is 1.41 bits per heavy atom. The lowest BCUT2D eigenvalue weighted by Crippen LogP contribution is -2.49. The Morgan fingerprint density at radius 2 is 2.06 bits per heavy atom. The van der Waals surface area contributed by atoms with Gasteiger partial charge < -0.3 is 9.32 Å². The molecule has 2 rings (SSSR count). The third kappa shape index (κ3) is 2.83. The van der Waals surface area contributed by atoms with Crippen molar-refractivity contribution in [2.45, 2.75) is 45.2 Å². The van der Waals surface area contributed by atoms with E-state index < -0.39 is 0 Å². The number of amides is 2. The Balaban J connectivity index is 2.03. The van der Waals surface area contributed by atoms with Gasteiger partial charge in [-0.05, 0) is 55.1 Å². The fourth-order valence-electron chi connectivity index (χ4n) is 2.37. The van der Waals surface area contributed by atoms with Crippen molar-refractivity contribution in [1.29, 1.82) is 0 Å². The number of piperidine rings is 1. The van der Waals surface area contributed by atoms with Gasteiger partial charge in [-0.3, -0.25) is 5.32 Å². The van der Waals surface area contributed by atoms with Crippen molar-refractivity contribution in [3.05, 3.63) is 16.8 Å². The molecule has 1 aliphatic rings. The van der Waals surface area contributed by atoms with Gasteiger partial charge in [-0.25, -0.2) is 4.79 Å². The highest BCUT2D eigenvalue weighted by molar-refractivity contribution is 9.10. The van der Waals surface area contributed by atoms with Crippen LogP contribution < -0.4 is 5.32 Å². The minimum absolute atomic E-state index is 0.0773. The van der Waals surface area contributed by atoms with E-state index in [1.54, 1.807) is 12.1 Å². The molecule has 0 radical (unpaired) electrons. The van der Waals surface area contributed by atoms with Crippen LogP contribution in [0.4, 0.5) is 10.7 Å². The van der Waals surface area contributed by atoms with Crippen LogP contribution in [0.3, 0.4) is 0 Å². The van der Waals surface area contributed by atoms with Crippen molar-refractivity contribution < 1.29 is 9.21 Å². The van der Waals surface area contributed by atoms with Crippen LogP contribution in [-0.4, -0.2) is 23.0 Å². The summed E-state index contributed by atoms with van der Waals surface area (Å²) in [6.45, 7) is 4.18. The molecule has 0 aromatic carbocycles. The number of hydrogen-bond donors (Lipinski definition) is 1. The first-order valence-electron chi connectivity index (χ1n) is 5.92. The Hall–Kier alpha value is -0.970. The number of furan rings is 1. The van der Waals surface area contributed by atoms with E-state index in [0.29, 0.717) is 10.6 Å². The second-order valence-electron chi connectivity index (χ2n) is 4.57. The molecule has 1 fully saturated rings. The molecule has 0 spiro atoms. The van der Waals surface area contributed by atoms with Crippen LogP contribution in [0.1, 0.15) is 33.1 Å². The van der Waals surface area contributed by atoms with Gasteiger partial charge in [0.1, 0.15) is 0 Å². The Bertz CT molecular complexity index is 395. The third-order valence-electron chi connectivity index (χ3n) is 3.23. The molecular weight excluding hydrogens is 284 g/mol. The van der Waals surface area contributed by atoms with Gasteiger partial charge in [0.15, 0.2) is 4.67 Å². The zero-order chi connectivity index (χ0) is 12.4. The summed E-state index contributed by atoms with van der Waals surface area (Å²) in [5.74, 6) is 0.479. The van der Waals surface area contributed by atoms with Crippen molar-refractivity contribution in [3.8, 4) is 0 Å². The maximum absolute atomic E-state index is 12.1. The second-order valence-corrected chi connectivity index (χ2v) is 5.35. The van der Waals surface area contributed by atoms with Gasteiger partial charge >= 0.3 is 6.03 Å². The number of carbonyl (C=O) groups is 1. The van der Waals surface area contributed by atoms with E-state index in [1.807, 2.05) is 4.90 Å². The fourth-order valence-corrected chi connectivity index (χ4v) is 2.68. The summed E-state index contributed by atoms with van der Waals surface area (Å²) in [6.07, 6.45) is 3.33. The highest BCUT2D eigenvalue weighted by Gasteiger charge is 2.29. The van der Waals surface area contributed by atoms with Crippen LogP contribution in [0.15, 0.2) is 21.2 Å². The molecule has 2 unspecified atom stereocenters. The van der Waals surface area contributed by atoms with Crippen LogP contribution in [0.5, 0.6) is 0 Å². The zero-order valence-electron chi connectivity index (χ0n) is 10.1. The van der Waals surface area contributed by atoms with Gasteiger partial charge in [-0.1, -0.05) is 0 Å². The normalized spacial score (nSPS) is 24.8. The van der Waals surface area contributed by atoms with Gasteiger partial charge in [-0.15, -0.1) is 0 Å². The monoisotopic (exact) mass is 300 g/mol. The summed E-state index contributed by atoms with van der Waals surface area (Å²) in [6, 6.07) is 4.00. The maximum Gasteiger partial charge on any atom is 0.324 e. The molecule has 5 heteroatoms. The van der Waals surface area contributed by atoms with E-state index in [4.69, 9.17) is 4.42 Å². The summed E-state index contributed by atoms with van der Waals surface area (Å²) in [7, 11) is 0. The Kier molecular flexibility index (Phi) is 3.76. The lowest BCUT2D eigenvalue weighted by molar-refractivity contribution is 0.133. The smallest absolute Gasteiger partial charge is 0.324 e. The molecule has 4 nitrogen and oxygen atoms in total. The predicted molar refractivity (Wildman–Crippen MR) is 70.0 cm³/mol. The van der Waals surface area contributed by atoms with E-state index in [2.05, 4.69) is 35.1 Å². The average Bonchev–Trinajstić information content (AvgIpc) is 2.63. The number of anilines is 1. The maximum atomic E-state index is 12.1. The summed E-state index contributed by atoms with van der Waals surface area (Å²) in [5.41, 5.74) is 0. The van der Waals surface area contributed by atoms with Gasteiger partial charge in [0.05, 0.1) is 0 Å². The number of nitrogens with zero attached hydrogens (tertiary/aromatic N) is 1. The van der Waals surface area contributed by atoms with Crippen LogP contribution in [0, 0.1) is 0 Å². The van der Waals surface area contributed by atoms with Crippen molar-refractivity contribution >= 4 is 27.8 Å². The van der Waals surface area contributed by atoms with E-state index in [9.17, 15) is 4.79 Å². The van der Waals surface area contributed by atoms with E-state index in [0.717, 1.165) is 12.8 Å². The molecule has 0 aliphatic carbocycles. The highest BCUT2D eigenvalue weighted by atomic mass is 79.9. The molecule has 94 valence electrons. The summed E-state index contributed by atoms with van der Waals surface area (Å²) in [4.78, 5) is 14.0. The van der Waals surface area contributed by atoms with Crippen molar-refractivity contribution in [2.75, 3.05) is 5.32 Å². The zero-order valence-corrected chi connectivity index (χ0v) is 11.7. The SMILES string of the molecule is CC1CCCC(C)N1C(=O)Nc1ccc(Br)o1. The Morgan fingerprint density at radius 3 is 2.59 bits per heavy atom. The molecule has 1 N–H and O–H groups in total. The molecule has 2 heterocycles. The van der Waals surface area contributed by atoms with Crippen LogP contribution in [0.2, 0.25) is 0 Å². The largest absolute Gasteiger partial charge is 0.434 e. The Labute approximate surface area is 109 Å². The first-order valence-corrected chi connectivity index (χ1v) is 6.72. The molecule has 0 saturated carbocycles. The second kappa shape index (κ2) is 5.12. The topological polar surface area (TPSA) is 45.5 Å². The molecule has 17 heavy (non-hydrogen) atoms. The minimum Gasteiger partial charge on any atom is -0.434 e. The molecule has 0 bridgehead atoms. The number of likely N-dealkylation sites (tertiary alicyclic amines) is 1. The van der Waals surface area contributed by atoms with Crippen LogP contribution in [0.25, 0.3) is 0 Å². The first-order chi connectivity index (χ1) is 8.08.